The average molecular weight is 375 g/mol. The molecule has 1 aliphatic rings. The van der Waals surface area contributed by atoms with Crippen LogP contribution in [0.4, 0.5) is 0 Å². The van der Waals surface area contributed by atoms with E-state index >= 15 is 0 Å². The Morgan fingerprint density at radius 3 is 1.89 bits per heavy atom. The number of benzene rings is 1. The highest BCUT2D eigenvalue weighted by atomic mass is 16.6. The minimum atomic E-state index is -0.831. The lowest BCUT2D eigenvalue weighted by atomic mass is 9.82. The summed E-state index contributed by atoms with van der Waals surface area (Å²) in [6, 6.07) is 4.71. The number of ketones is 1. The van der Waals surface area contributed by atoms with Gasteiger partial charge in [0.15, 0.2) is 5.78 Å². The molecule has 1 fully saturated rings. The zero-order chi connectivity index (χ0) is 20.5. The lowest BCUT2D eigenvalue weighted by Crippen LogP contribution is -2.44. The van der Waals surface area contributed by atoms with Crippen LogP contribution in [-0.2, 0) is 14.3 Å². The molecule has 1 aromatic carbocycles. The van der Waals surface area contributed by atoms with Crippen LogP contribution in [0.1, 0.15) is 114 Å². The molecule has 3 nitrogen and oxygen atoms in total. The number of hydrogen-bond acceptors (Lipinski definition) is 3. The molecule has 0 aliphatic heterocycles. The minimum Gasteiger partial charge on any atom is -0.368 e. The van der Waals surface area contributed by atoms with Crippen LogP contribution in [0.15, 0.2) is 12.1 Å². The van der Waals surface area contributed by atoms with E-state index in [4.69, 9.17) is 9.47 Å². The molecule has 1 aromatic rings. The van der Waals surface area contributed by atoms with Crippen molar-refractivity contribution in [1.82, 2.24) is 0 Å². The van der Waals surface area contributed by atoms with E-state index in [2.05, 4.69) is 60.6 Å². The molecular formula is C24H38O3. The van der Waals surface area contributed by atoms with Gasteiger partial charge in [0.25, 0.3) is 0 Å². The number of ether oxygens (including phenoxy) is 2. The summed E-state index contributed by atoms with van der Waals surface area (Å²) >= 11 is 0. The van der Waals surface area contributed by atoms with Gasteiger partial charge in [-0.3, -0.25) is 4.79 Å². The first-order chi connectivity index (χ1) is 12.5. The van der Waals surface area contributed by atoms with Crippen molar-refractivity contribution in [2.24, 2.45) is 0 Å². The Balaban J connectivity index is 2.48. The molecule has 2 rings (SSSR count). The molecule has 152 valence electrons. The maximum absolute atomic E-state index is 12.3. The van der Waals surface area contributed by atoms with Gasteiger partial charge in [-0.2, -0.15) is 0 Å². The summed E-state index contributed by atoms with van der Waals surface area (Å²) in [5.74, 6) is 1.47. The predicted octanol–water partition coefficient (Wildman–Crippen LogP) is 6.27. The molecule has 0 unspecified atom stereocenters. The highest BCUT2D eigenvalue weighted by Crippen LogP contribution is 2.40. The Bertz CT molecular complexity index is 645. The summed E-state index contributed by atoms with van der Waals surface area (Å²) in [7, 11) is 1.61. The molecule has 0 aromatic heterocycles. The quantitative estimate of drug-likeness (QED) is 0.564. The van der Waals surface area contributed by atoms with Crippen molar-refractivity contribution >= 4 is 5.78 Å². The van der Waals surface area contributed by atoms with Gasteiger partial charge in [-0.25, -0.2) is 0 Å². The number of rotatable bonds is 7. The smallest absolute Gasteiger partial charge is 0.167 e. The molecule has 0 amide bonds. The molecule has 1 saturated carbocycles. The Morgan fingerprint density at radius 1 is 0.963 bits per heavy atom. The molecule has 27 heavy (non-hydrogen) atoms. The fourth-order valence-electron chi connectivity index (χ4n) is 4.20. The van der Waals surface area contributed by atoms with Crippen LogP contribution in [-0.4, -0.2) is 24.6 Å². The number of methoxy groups -OCH3 is 1. The Kier molecular flexibility index (Phi) is 6.91. The molecule has 3 atom stereocenters. The fraction of sp³-hybridized carbons (Fsp3) is 0.708. The average Bonchev–Trinajstić information content (AvgIpc) is 2.88. The lowest BCUT2D eigenvalue weighted by molar-refractivity contribution is -0.154. The monoisotopic (exact) mass is 374 g/mol. The zero-order valence-electron chi connectivity index (χ0n) is 18.7. The van der Waals surface area contributed by atoms with Crippen LogP contribution in [0.2, 0.25) is 0 Å². The molecule has 0 N–H and O–H groups in total. The molecule has 0 heterocycles. The van der Waals surface area contributed by atoms with E-state index in [0.717, 1.165) is 6.42 Å². The Morgan fingerprint density at radius 2 is 1.48 bits per heavy atom. The summed E-state index contributed by atoms with van der Waals surface area (Å²) in [4.78, 5) is 12.3. The summed E-state index contributed by atoms with van der Waals surface area (Å²) < 4.78 is 12.1. The standard InChI is InChI=1S/C24H38O3/c1-14(2)18-12-19(15(3)4)23(20(13-18)16(5)6)17(7)27-22-11-10-21(25)24(22,8)26-9/h12-17,22H,10-11H2,1-9H3/t17-,22-,24-/m0/s1. The van der Waals surface area contributed by atoms with Gasteiger partial charge in [0, 0.05) is 13.5 Å². The maximum atomic E-state index is 12.3. The third kappa shape index (κ3) is 4.30. The third-order valence-corrected chi connectivity index (χ3v) is 6.18. The van der Waals surface area contributed by atoms with Gasteiger partial charge >= 0.3 is 0 Å². The predicted molar refractivity (Wildman–Crippen MR) is 112 cm³/mol. The van der Waals surface area contributed by atoms with Crippen molar-refractivity contribution in [3.8, 4) is 0 Å². The summed E-state index contributed by atoms with van der Waals surface area (Å²) in [5, 5.41) is 0. The Labute approximate surface area is 165 Å². The van der Waals surface area contributed by atoms with Gasteiger partial charge in [0.1, 0.15) is 5.60 Å². The normalized spacial score (nSPS) is 24.4. The van der Waals surface area contributed by atoms with Crippen LogP contribution in [0.5, 0.6) is 0 Å². The van der Waals surface area contributed by atoms with Gasteiger partial charge in [-0.1, -0.05) is 53.7 Å². The third-order valence-electron chi connectivity index (χ3n) is 6.18. The molecule has 3 heteroatoms. The molecule has 0 bridgehead atoms. The topological polar surface area (TPSA) is 35.5 Å². The molecule has 0 radical (unpaired) electrons. The van der Waals surface area contributed by atoms with Gasteiger partial charge < -0.3 is 9.47 Å². The van der Waals surface area contributed by atoms with E-state index in [1.54, 1.807) is 7.11 Å². The SMILES string of the molecule is CO[C@@]1(C)C(=O)CC[C@@H]1O[C@@H](C)c1c(C(C)C)cc(C(C)C)cc1C(C)C. The number of carbonyl (C=O) groups excluding carboxylic acids is 1. The van der Waals surface area contributed by atoms with Crippen molar-refractivity contribution in [3.63, 3.8) is 0 Å². The largest absolute Gasteiger partial charge is 0.368 e. The number of Topliss-reactive ketones (excluding diaryl/α,β-unsaturated/α-hetero) is 1. The minimum absolute atomic E-state index is 0.0774. The van der Waals surface area contributed by atoms with Gasteiger partial charge in [-0.15, -0.1) is 0 Å². The van der Waals surface area contributed by atoms with E-state index in [1.807, 2.05) is 6.92 Å². The first-order valence-electron chi connectivity index (χ1n) is 10.4. The van der Waals surface area contributed by atoms with E-state index in [0.29, 0.717) is 24.2 Å². The van der Waals surface area contributed by atoms with E-state index < -0.39 is 5.60 Å². The summed E-state index contributed by atoms with van der Waals surface area (Å²) in [6.07, 6.45) is 0.981. The van der Waals surface area contributed by atoms with Crippen molar-refractivity contribution in [2.75, 3.05) is 7.11 Å². The van der Waals surface area contributed by atoms with Crippen molar-refractivity contribution in [2.45, 2.75) is 104 Å². The second-order valence-electron chi connectivity index (χ2n) is 9.12. The summed E-state index contributed by atoms with van der Waals surface area (Å²) in [5.41, 5.74) is 4.57. The van der Waals surface area contributed by atoms with Crippen molar-refractivity contribution < 1.29 is 14.3 Å². The highest BCUT2D eigenvalue weighted by molar-refractivity contribution is 5.90. The lowest BCUT2D eigenvalue weighted by Gasteiger charge is -2.33. The van der Waals surface area contributed by atoms with Gasteiger partial charge in [0.05, 0.1) is 12.2 Å². The molecular weight excluding hydrogens is 336 g/mol. The highest BCUT2D eigenvalue weighted by Gasteiger charge is 2.48. The molecule has 1 aliphatic carbocycles. The first-order valence-corrected chi connectivity index (χ1v) is 10.4. The van der Waals surface area contributed by atoms with Crippen LogP contribution < -0.4 is 0 Å². The van der Waals surface area contributed by atoms with E-state index in [-0.39, 0.29) is 18.0 Å². The van der Waals surface area contributed by atoms with Crippen LogP contribution in [0.3, 0.4) is 0 Å². The van der Waals surface area contributed by atoms with Gasteiger partial charge in [0.2, 0.25) is 0 Å². The number of carbonyl (C=O) groups is 1. The molecule has 0 saturated heterocycles. The van der Waals surface area contributed by atoms with Crippen LogP contribution in [0, 0.1) is 0 Å². The van der Waals surface area contributed by atoms with Crippen LogP contribution in [0.25, 0.3) is 0 Å². The van der Waals surface area contributed by atoms with Crippen molar-refractivity contribution in [1.29, 1.82) is 0 Å². The summed E-state index contributed by atoms with van der Waals surface area (Å²) in [6.45, 7) is 17.5. The van der Waals surface area contributed by atoms with Gasteiger partial charge in [-0.05, 0) is 60.3 Å². The zero-order valence-corrected chi connectivity index (χ0v) is 18.7. The van der Waals surface area contributed by atoms with E-state index in [1.165, 1.54) is 22.3 Å². The Hall–Kier alpha value is -1.19. The second-order valence-corrected chi connectivity index (χ2v) is 9.12. The van der Waals surface area contributed by atoms with E-state index in [9.17, 15) is 4.79 Å². The number of hydrogen-bond donors (Lipinski definition) is 0. The fourth-order valence-corrected chi connectivity index (χ4v) is 4.20. The van der Waals surface area contributed by atoms with Crippen LogP contribution >= 0.6 is 0 Å². The molecule has 0 spiro atoms. The maximum Gasteiger partial charge on any atom is 0.167 e. The first kappa shape index (κ1) is 22.1. The second kappa shape index (κ2) is 8.45. The van der Waals surface area contributed by atoms with Crippen molar-refractivity contribution in [3.05, 3.63) is 34.4 Å².